The van der Waals surface area contributed by atoms with Crippen LogP contribution in [0.4, 0.5) is 0 Å². The molecule has 1 aliphatic rings. The third-order valence-electron chi connectivity index (χ3n) is 5.64. The molecule has 0 radical (unpaired) electrons. The molecule has 1 fully saturated rings. The first kappa shape index (κ1) is 22.5. The van der Waals surface area contributed by atoms with E-state index in [9.17, 15) is 13.2 Å². The van der Waals surface area contributed by atoms with E-state index in [4.69, 9.17) is 0 Å². The molecule has 1 aliphatic heterocycles. The van der Waals surface area contributed by atoms with Gasteiger partial charge < -0.3 is 5.32 Å². The zero-order valence-corrected chi connectivity index (χ0v) is 18.9. The molecule has 0 spiro atoms. The molecule has 0 bridgehead atoms. The predicted molar refractivity (Wildman–Crippen MR) is 119 cm³/mol. The van der Waals surface area contributed by atoms with Gasteiger partial charge in [0.15, 0.2) is 0 Å². The number of aryl methyl sites for hydroxylation is 1. The number of nitrogens with one attached hydrogen (secondary N) is 1. The number of rotatable bonds is 7. The second kappa shape index (κ2) is 9.75. The Kier molecular flexibility index (Phi) is 7.32. The van der Waals surface area contributed by atoms with Gasteiger partial charge in [0.1, 0.15) is 0 Å². The van der Waals surface area contributed by atoms with Crippen molar-refractivity contribution in [2.45, 2.75) is 51.0 Å². The number of hydrogen-bond acceptors (Lipinski definition) is 3. The average molecular weight is 429 g/mol. The molecule has 6 heteroatoms. The van der Waals surface area contributed by atoms with Crippen molar-refractivity contribution < 1.29 is 13.2 Å². The van der Waals surface area contributed by atoms with Gasteiger partial charge in [-0.2, -0.15) is 4.31 Å². The van der Waals surface area contributed by atoms with Crippen LogP contribution < -0.4 is 5.32 Å². The molecule has 1 heterocycles. The highest BCUT2D eigenvalue weighted by Crippen LogP contribution is 2.26. The molecule has 2 atom stereocenters. The number of nitrogens with zero attached hydrogens (tertiary/aromatic N) is 1. The summed E-state index contributed by atoms with van der Waals surface area (Å²) in [5.74, 6) is 0.0333. The lowest BCUT2D eigenvalue weighted by Gasteiger charge is -2.32. The maximum atomic E-state index is 13.1. The fourth-order valence-corrected chi connectivity index (χ4v) is 5.48. The second-order valence-corrected chi connectivity index (χ2v) is 10.6. The van der Waals surface area contributed by atoms with E-state index in [1.165, 1.54) is 4.31 Å². The van der Waals surface area contributed by atoms with Gasteiger partial charge >= 0.3 is 0 Å². The van der Waals surface area contributed by atoms with E-state index >= 15 is 0 Å². The van der Waals surface area contributed by atoms with Crippen LogP contribution in [-0.2, 0) is 14.8 Å². The van der Waals surface area contributed by atoms with Gasteiger partial charge in [-0.1, -0.05) is 61.9 Å². The molecule has 1 amide bonds. The van der Waals surface area contributed by atoms with Gasteiger partial charge in [0.25, 0.3) is 0 Å². The van der Waals surface area contributed by atoms with Crippen LogP contribution in [0.15, 0.2) is 59.5 Å². The molecule has 5 nitrogen and oxygen atoms in total. The Labute approximate surface area is 180 Å². The summed E-state index contributed by atoms with van der Waals surface area (Å²) < 4.78 is 27.6. The fourth-order valence-electron chi connectivity index (χ4n) is 3.96. The number of hydrogen-bond donors (Lipinski definition) is 1. The first-order chi connectivity index (χ1) is 14.3. The highest BCUT2D eigenvalue weighted by Gasteiger charge is 2.34. The zero-order chi connectivity index (χ0) is 21.7. The average Bonchev–Trinajstić information content (AvgIpc) is 2.74. The van der Waals surface area contributed by atoms with Crippen molar-refractivity contribution >= 4 is 15.9 Å². The smallest absolute Gasteiger partial charge is 0.243 e. The Bertz CT molecular complexity index is 940. The monoisotopic (exact) mass is 428 g/mol. The van der Waals surface area contributed by atoms with Crippen molar-refractivity contribution in [3.8, 4) is 0 Å². The Morgan fingerprint density at radius 3 is 2.40 bits per heavy atom. The summed E-state index contributed by atoms with van der Waals surface area (Å²) in [6.07, 6.45) is 2.23. The summed E-state index contributed by atoms with van der Waals surface area (Å²) in [6.45, 7) is 6.88. The molecule has 0 aromatic heterocycles. The lowest BCUT2D eigenvalue weighted by Crippen LogP contribution is -2.46. The van der Waals surface area contributed by atoms with Crippen molar-refractivity contribution in [1.29, 1.82) is 0 Å². The molecular weight excluding hydrogens is 396 g/mol. The van der Waals surface area contributed by atoms with E-state index in [0.717, 1.165) is 17.5 Å². The van der Waals surface area contributed by atoms with Gasteiger partial charge in [-0.25, -0.2) is 8.42 Å². The standard InChI is InChI=1S/C24H32N2O3S/c1-18(2)16-23(20-8-5-4-6-9-20)25-24(27)21-10-7-15-26(17-21)30(28,29)22-13-11-19(3)12-14-22/h4-6,8-9,11-14,18,21,23H,7,10,15-17H2,1-3H3,(H,25,27)/t21-,23+/m1/s1. The molecule has 1 saturated heterocycles. The Balaban J connectivity index is 1.72. The second-order valence-electron chi connectivity index (χ2n) is 8.62. The Morgan fingerprint density at radius 2 is 1.77 bits per heavy atom. The van der Waals surface area contributed by atoms with Crippen LogP contribution >= 0.6 is 0 Å². The molecule has 0 aliphatic carbocycles. The van der Waals surface area contributed by atoms with Crippen LogP contribution in [0.1, 0.15) is 50.3 Å². The minimum atomic E-state index is -3.59. The number of amides is 1. The molecule has 1 N–H and O–H groups in total. The van der Waals surface area contributed by atoms with Crippen LogP contribution in [0.2, 0.25) is 0 Å². The van der Waals surface area contributed by atoms with Crippen molar-refractivity contribution in [3.05, 3.63) is 65.7 Å². The first-order valence-corrected chi connectivity index (χ1v) is 12.1. The lowest BCUT2D eigenvalue weighted by atomic mass is 9.94. The highest BCUT2D eigenvalue weighted by atomic mass is 32.2. The maximum Gasteiger partial charge on any atom is 0.243 e. The molecule has 2 aromatic carbocycles. The SMILES string of the molecule is Cc1ccc(S(=O)(=O)N2CCC[C@@H](C(=O)N[C@@H](CC(C)C)c3ccccc3)C2)cc1. The van der Waals surface area contributed by atoms with Gasteiger partial charge in [-0.05, 0) is 49.8 Å². The number of benzene rings is 2. The van der Waals surface area contributed by atoms with Gasteiger partial charge in [0.05, 0.1) is 16.9 Å². The summed E-state index contributed by atoms with van der Waals surface area (Å²) >= 11 is 0. The van der Waals surface area contributed by atoms with Crippen molar-refractivity contribution in [2.75, 3.05) is 13.1 Å². The van der Waals surface area contributed by atoms with Crippen LogP contribution in [0.5, 0.6) is 0 Å². The summed E-state index contributed by atoms with van der Waals surface area (Å²) in [5.41, 5.74) is 2.10. The molecule has 3 rings (SSSR count). The lowest BCUT2D eigenvalue weighted by molar-refractivity contribution is -0.127. The minimum Gasteiger partial charge on any atom is -0.349 e. The normalized spacial score (nSPS) is 18.9. The Hall–Kier alpha value is -2.18. The van der Waals surface area contributed by atoms with E-state index in [0.29, 0.717) is 25.3 Å². The quantitative estimate of drug-likeness (QED) is 0.715. The van der Waals surface area contributed by atoms with Crippen LogP contribution in [0.3, 0.4) is 0 Å². The third-order valence-corrected chi connectivity index (χ3v) is 7.52. The molecule has 0 unspecified atom stereocenters. The molecule has 30 heavy (non-hydrogen) atoms. The summed E-state index contributed by atoms with van der Waals surface area (Å²) in [4.78, 5) is 13.4. The zero-order valence-electron chi connectivity index (χ0n) is 18.0. The van der Waals surface area contributed by atoms with Crippen molar-refractivity contribution in [3.63, 3.8) is 0 Å². The van der Waals surface area contributed by atoms with Crippen LogP contribution in [0.25, 0.3) is 0 Å². The van der Waals surface area contributed by atoms with Gasteiger partial charge in [0, 0.05) is 13.1 Å². The third kappa shape index (κ3) is 5.49. The highest BCUT2D eigenvalue weighted by molar-refractivity contribution is 7.89. The molecule has 162 valence electrons. The molecule has 2 aromatic rings. The van der Waals surface area contributed by atoms with E-state index < -0.39 is 10.0 Å². The molecule has 0 saturated carbocycles. The van der Waals surface area contributed by atoms with E-state index in [2.05, 4.69) is 19.2 Å². The molecular formula is C24H32N2O3S. The maximum absolute atomic E-state index is 13.1. The van der Waals surface area contributed by atoms with Gasteiger partial charge in [-0.3, -0.25) is 4.79 Å². The number of piperidine rings is 1. The van der Waals surface area contributed by atoms with Crippen LogP contribution in [-0.4, -0.2) is 31.7 Å². The van der Waals surface area contributed by atoms with E-state index in [1.807, 2.05) is 37.3 Å². The number of carbonyl (C=O) groups is 1. The Morgan fingerprint density at radius 1 is 1.10 bits per heavy atom. The fraction of sp³-hybridized carbons (Fsp3) is 0.458. The van der Waals surface area contributed by atoms with Crippen molar-refractivity contribution in [2.24, 2.45) is 11.8 Å². The summed E-state index contributed by atoms with van der Waals surface area (Å²) in [5, 5.41) is 3.19. The largest absolute Gasteiger partial charge is 0.349 e. The van der Waals surface area contributed by atoms with Crippen molar-refractivity contribution in [1.82, 2.24) is 9.62 Å². The van der Waals surface area contributed by atoms with E-state index in [1.54, 1.807) is 24.3 Å². The van der Waals surface area contributed by atoms with Crippen LogP contribution in [0, 0.1) is 18.8 Å². The van der Waals surface area contributed by atoms with Gasteiger partial charge in [0.2, 0.25) is 15.9 Å². The first-order valence-electron chi connectivity index (χ1n) is 10.7. The minimum absolute atomic E-state index is 0.0618. The number of carbonyl (C=O) groups excluding carboxylic acids is 1. The van der Waals surface area contributed by atoms with Gasteiger partial charge in [-0.15, -0.1) is 0 Å². The topological polar surface area (TPSA) is 66.5 Å². The predicted octanol–water partition coefficient (Wildman–Crippen LogP) is 4.30. The number of sulfonamides is 1. The van der Waals surface area contributed by atoms with E-state index in [-0.39, 0.29) is 29.3 Å². The summed E-state index contributed by atoms with van der Waals surface area (Å²) in [7, 11) is -3.59. The summed E-state index contributed by atoms with van der Waals surface area (Å²) in [6, 6.07) is 16.8.